The van der Waals surface area contributed by atoms with Crippen molar-refractivity contribution in [2.75, 3.05) is 0 Å². The van der Waals surface area contributed by atoms with Gasteiger partial charge in [0.25, 0.3) is 0 Å². The van der Waals surface area contributed by atoms with Crippen molar-refractivity contribution in [1.29, 1.82) is 0 Å². The Morgan fingerprint density at radius 3 is 2.35 bits per heavy atom. The summed E-state index contributed by atoms with van der Waals surface area (Å²) in [6, 6.07) is 11.2. The molecule has 0 saturated carbocycles. The van der Waals surface area contributed by atoms with Gasteiger partial charge in [-0.3, -0.25) is 0 Å². The van der Waals surface area contributed by atoms with Gasteiger partial charge in [0, 0.05) is 19.9 Å². The maximum atomic E-state index is 6.24. The molecule has 1 heterocycles. The number of hydrogen-bond donors (Lipinski definition) is 0. The van der Waals surface area contributed by atoms with Crippen molar-refractivity contribution in [3.63, 3.8) is 0 Å². The summed E-state index contributed by atoms with van der Waals surface area (Å²) in [4.78, 5) is 8.88. The van der Waals surface area contributed by atoms with Crippen LogP contribution in [0.3, 0.4) is 0 Å². The first-order valence-corrected chi connectivity index (χ1v) is 7.97. The second kappa shape index (κ2) is 5.60. The molecule has 0 radical (unpaired) electrons. The van der Waals surface area contributed by atoms with Gasteiger partial charge in [0.05, 0.1) is 10.5 Å². The fourth-order valence-electron chi connectivity index (χ4n) is 1.85. The van der Waals surface area contributed by atoms with E-state index in [9.17, 15) is 0 Å². The van der Waals surface area contributed by atoms with E-state index >= 15 is 0 Å². The summed E-state index contributed by atoms with van der Waals surface area (Å²) in [5, 5.41) is 1.80. The van der Waals surface area contributed by atoms with Gasteiger partial charge < -0.3 is 0 Å². The molecule has 0 saturated heterocycles. The third-order valence-electron chi connectivity index (χ3n) is 2.78. The van der Waals surface area contributed by atoms with E-state index < -0.39 is 0 Å². The Labute approximate surface area is 142 Å². The Balaban J connectivity index is 2.29. The zero-order chi connectivity index (χ0) is 14.3. The molecule has 0 N–H and O–H groups in total. The third-order valence-corrected chi connectivity index (χ3v) is 4.39. The minimum atomic E-state index is 0.411. The largest absolute Gasteiger partial charge is 0.228 e. The van der Waals surface area contributed by atoms with Crippen LogP contribution in [-0.4, -0.2) is 9.97 Å². The van der Waals surface area contributed by atoms with Crippen LogP contribution in [0.1, 0.15) is 0 Å². The lowest BCUT2D eigenvalue weighted by Gasteiger charge is -2.07. The lowest BCUT2D eigenvalue weighted by Crippen LogP contribution is -1.93. The number of rotatable bonds is 1. The smallest absolute Gasteiger partial charge is 0.163 e. The maximum Gasteiger partial charge on any atom is 0.163 e. The summed E-state index contributed by atoms with van der Waals surface area (Å²) >= 11 is 19.3. The average molecular weight is 433 g/mol. The third kappa shape index (κ3) is 2.70. The van der Waals surface area contributed by atoms with E-state index in [0.29, 0.717) is 16.0 Å². The Morgan fingerprint density at radius 2 is 1.55 bits per heavy atom. The molecular formula is C14H6Br2Cl2N2. The molecule has 2 nitrogen and oxygen atoms in total. The van der Waals surface area contributed by atoms with Gasteiger partial charge in [0.15, 0.2) is 5.82 Å². The number of nitrogens with zero attached hydrogens (tertiary/aromatic N) is 2. The fourth-order valence-corrected chi connectivity index (χ4v) is 3.01. The van der Waals surface area contributed by atoms with Gasteiger partial charge in [-0.2, -0.15) is 0 Å². The summed E-state index contributed by atoms with van der Waals surface area (Å²) in [7, 11) is 0. The zero-order valence-corrected chi connectivity index (χ0v) is 14.6. The van der Waals surface area contributed by atoms with Crippen LogP contribution in [0.2, 0.25) is 10.2 Å². The molecule has 100 valence electrons. The monoisotopic (exact) mass is 430 g/mol. The highest BCUT2D eigenvalue weighted by atomic mass is 79.9. The highest BCUT2D eigenvalue weighted by Crippen LogP contribution is 2.32. The summed E-state index contributed by atoms with van der Waals surface area (Å²) in [6.07, 6.45) is 0. The standard InChI is InChI=1S/C14H6Br2Cl2N2/c15-7-2-4-11(17)10(5-7)14-19-12-6-8(16)1-3-9(12)13(18)20-14/h1-6H. The Morgan fingerprint density at radius 1 is 0.850 bits per heavy atom. The quantitative estimate of drug-likeness (QED) is 0.432. The summed E-state index contributed by atoms with van der Waals surface area (Å²) < 4.78 is 1.84. The summed E-state index contributed by atoms with van der Waals surface area (Å²) in [5.41, 5.74) is 1.51. The normalized spacial score (nSPS) is 11.0. The number of benzene rings is 2. The van der Waals surface area contributed by atoms with Crippen molar-refractivity contribution >= 4 is 66.0 Å². The number of hydrogen-bond acceptors (Lipinski definition) is 2. The molecule has 2 aromatic carbocycles. The van der Waals surface area contributed by atoms with Crippen LogP contribution < -0.4 is 0 Å². The zero-order valence-electron chi connectivity index (χ0n) is 9.87. The molecular weight excluding hydrogens is 427 g/mol. The predicted octanol–water partition coefficient (Wildman–Crippen LogP) is 6.13. The van der Waals surface area contributed by atoms with Gasteiger partial charge in [-0.15, -0.1) is 0 Å². The molecule has 0 aliphatic carbocycles. The predicted molar refractivity (Wildman–Crippen MR) is 90.4 cm³/mol. The van der Waals surface area contributed by atoms with Crippen molar-refractivity contribution in [1.82, 2.24) is 9.97 Å². The van der Waals surface area contributed by atoms with Gasteiger partial charge in [-0.05, 0) is 36.4 Å². The van der Waals surface area contributed by atoms with E-state index in [1.165, 1.54) is 0 Å². The molecule has 0 unspecified atom stereocenters. The Hall–Kier alpha value is -0.680. The molecule has 20 heavy (non-hydrogen) atoms. The van der Waals surface area contributed by atoms with Crippen LogP contribution in [0.25, 0.3) is 22.3 Å². The molecule has 0 bridgehead atoms. The first-order chi connectivity index (χ1) is 9.54. The van der Waals surface area contributed by atoms with Crippen molar-refractivity contribution in [2.24, 2.45) is 0 Å². The molecule has 0 atom stereocenters. The van der Waals surface area contributed by atoms with Crippen molar-refractivity contribution in [2.45, 2.75) is 0 Å². The van der Waals surface area contributed by atoms with Crippen LogP contribution in [0.15, 0.2) is 45.3 Å². The Kier molecular flexibility index (Phi) is 4.00. The van der Waals surface area contributed by atoms with Crippen LogP contribution in [0, 0.1) is 0 Å². The van der Waals surface area contributed by atoms with Crippen LogP contribution >= 0.6 is 55.1 Å². The van der Waals surface area contributed by atoms with Gasteiger partial charge in [-0.25, -0.2) is 9.97 Å². The molecule has 6 heteroatoms. The molecule has 0 spiro atoms. The van der Waals surface area contributed by atoms with Gasteiger partial charge >= 0.3 is 0 Å². The van der Waals surface area contributed by atoms with E-state index in [1.807, 2.05) is 30.3 Å². The van der Waals surface area contributed by atoms with E-state index in [-0.39, 0.29) is 0 Å². The lowest BCUT2D eigenvalue weighted by atomic mass is 10.2. The van der Waals surface area contributed by atoms with Crippen LogP contribution in [-0.2, 0) is 0 Å². The topological polar surface area (TPSA) is 25.8 Å². The van der Waals surface area contributed by atoms with Crippen LogP contribution in [0.5, 0.6) is 0 Å². The lowest BCUT2D eigenvalue weighted by molar-refractivity contribution is 1.22. The van der Waals surface area contributed by atoms with Crippen molar-refractivity contribution in [3.05, 3.63) is 55.5 Å². The average Bonchev–Trinajstić information content (AvgIpc) is 2.41. The van der Waals surface area contributed by atoms with E-state index in [4.69, 9.17) is 23.2 Å². The first kappa shape index (κ1) is 14.3. The first-order valence-electron chi connectivity index (χ1n) is 5.63. The second-order valence-electron chi connectivity index (χ2n) is 4.12. The highest BCUT2D eigenvalue weighted by Gasteiger charge is 2.11. The molecule has 1 aromatic heterocycles. The number of halogens is 4. The second-order valence-corrected chi connectivity index (χ2v) is 6.72. The van der Waals surface area contributed by atoms with E-state index in [2.05, 4.69) is 41.8 Å². The van der Waals surface area contributed by atoms with Gasteiger partial charge in [0.2, 0.25) is 0 Å². The van der Waals surface area contributed by atoms with E-state index in [1.54, 1.807) is 6.07 Å². The molecule has 0 aliphatic rings. The summed E-state index contributed by atoms with van der Waals surface area (Å²) in [6.45, 7) is 0. The van der Waals surface area contributed by atoms with Crippen LogP contribution in [0.4, 0.5) is 0 Å². The minimum absolute atomic E-state index is 0.411. The number of aromatic nitrogens is 2. The highest BCUT2D eigenvalue weighted by molar-refractivity contribution is 9.10. The summed E-state index contributed by atoms with van der Waals surface area (Å²) in [5.74, 6) is 0.506. The van der Waals surface area contributed by atoms with Gasteiger partial charge in [0.1, 0.15) is 5.15 Å². The van der Waals surface area contributed by atoms with Crippen molar-refractivity contribution < 1.29 is 0 Å². The molecule has 0 fully saturated rings. The fraction of sp³-hybridized carbons (Fsp3) is 0. The Bertz CT molecular complexity index is 822. The minimum Gasteiger partial charge on any atom is -0.228 e. The molecule has 3 rings (SSSR count). The maximum absolute atomic E-state index is 6.24. The van der Waals surface area contributed by atoms with E-state index in [0.717, 1.165) is 25.4 Å². The number of fused-ring (bicyclic) bond motifs is 1. The van der Waals surface area contributed by atoms with Crippen molar-refractivity contribution in [3.8, 4) is 11.4 Å². The molecule has 0 amide bonds. The molecule has 0 aliphatic heterocycles. The SMILES string of the molecule is Clc1ccc(Br)cc1-c1nc(Cl)c2ccc(Br)cc2n1. The van der Waals surface area contributed by atoms with Gasteiger partial charge in [-0.1, -0.05) is 55.1 Å². The molecule has 3 aromatic rings.